The molecule has 0 radical (unpaired) electrons. The summed E-state index contributed by atoms with van der Waals surface area (Å²) < 4.78 is 10.9. The summed E-state index contributed by atoms with van der Waals surface area (Å²) >= 11 is 0. The number of oxazole rings is 1. The average Bonchev–Trinajstić information content (AvgIpc) is 3.05. The third-order valence-corrected chi connectivity index (χ3v) is 6.00. The summed E-state index contributed by atoms with van der Waals surface area (Å²) in [6.07, 6.45) is 3.42. The third-order valence-electron chi connectivity index (χ3n) is 6.00. The molecule has 0 aliphatic carbocycles. The van der Waals surface area contributed by atoms with Crippen LogP contribution in [0.4, 0.5) is 0 Å². The van der Waals surface area contributed by atoms with E-state index in [1.54, 1.807) is 7.11 Å². The van der Waals surface area contributed by atoms with Crippen LogP contribution in [0.2, 0.25) is 0 Å². The largest absolute Gasteiger partial charge is 0.481 e. The van der Waals surface area contributed by atoms with Crippen molar-refractivity contribution in [3.63, 3.8) is 0 Å². The van der Waals surface area contributed by atoms with Crippen LogP contribution in [0.15, 0.2) is 28.7 Å². The van der Waals surface area contributed by atoms with Gasteiger partial charge < -0.3 is 9.15 Å². The molecular weight excluding hydrogens is 364 g/mol. The smallest absolute Gasteiger partial charge is 0.213 e. The molecule has 154 valence electrons. The molecule has 4 heterocycles. The Labute approximate surface area is 172 Å². The van der Waals surface area contributed by atoms with Gasteiger partial charge in [0.1, 0.15) is 0 Å². The molecule has 29 heavy (non-hydrogen) atoms. The highest BCUT2D eigenvalue weighted by Gasteiger charge is 2.34. The van der Waals surface area contributed by atoms with Crippen LogP contribution in [0.5, 0.6) is 5.88 Å². The zero-order valence-corrected chi connectivity index (χ0v) is 18.0. The second kappa shape index (κ2) is 7.75. The first-order valence-corrected chi connectivity index (χ1v) is 10.3. The number of piperidine rings is 1. The predicted octanol–water partition coefficient (Wildman–Crippen LogP) is 4.65. The van der Waals surface area contributed by atoms with Crippen molar-refractivity contribution in [3.05, 3.63) is 47.1 Å². The summed E-state index contributed by atoms with van der Waals surface area (Å²) in [4.78, 5) is 16.1. The molecular formula is C23H30N4O2. The van der Waals surface area contributed by atoms with Gasteiger partial charge in [0.25, 0.3) is 0 Å². The van der Waals surface area contributed by atoms with E-state index in [9.17, 15) is 0 Å². The van der Waals surface area contributed by atoms with Gasteiger partial charge in [0.2, 0.25) is 5.88 Å². The zero-order valence-electron chi connectivity index (χ0n) is 18.0. The monoisotopic (exact) mass is 394 g/mol. The molecule has 4 rings (SSSR count). The van der Waals surface area contributed by atoms with Crippen LogP contribution in [-0.2, 0) is 6.42 Å². The van der Waals surface area contributed by atoms with Crippen LogP contribution in [0.3, 0.4) is 0 Å². The van der Waals surface area contributed by atoms with Gasteiger partial charge in [0, 0.05) is 31.3 Å². The van der Waals surface area contributed by atoms with Crippen molar-refractivity contribution >= 4 is 11.2 Å². The molecule has 0 unspecified atom stereocenters. The summed E-state index contributed by atoms with van der Waals surface area (Å²) in [6.45, 7) is 10.6. The first kappa shape index (κ1) is 19.8. The molecule has 3 aromatic rings. The maximum absolute atomic E-state index is 5.57. The van der Waals surface area contributed by atoms with Crippen molar-refractivity contribution in [1.29, 1.82) is 0 Å². The fourth-order valence-electron chi connectivity index (χ4n) is 4.60. The topological polar surface area (TPSA) is 64.3 Å². The number of pyridine rings is 2. The van der Waals surface area contributed by atoms with E-state index in [0.29, 0.717) is 17.4 Å². The minimum Gasteiger partial charge on any atom is -0.481 e. The molecule has 0 N–H and O–H groups in total. The van der Waals surface area contributed by atoms with Crippen LogP contribution in [0.1, 0.15) is 55.6 Å². The minimum atomic E-state index is 0.208. The maximum Gasteiger partial charge on any atom is 0.213 e. The molecule has 0 spiro atoms. The van der Waals surface area contributed by atoms with Crippen molar-refractivity contribution in [2.75, 3.05) is 20.2 Å². The average molecular weight is 395 g/mol. The Bertz CT molecular complexity index is 1020. The number of likely N-dealkylation sites (tertiary alicyclic amines) is 1. The summed E-state index contributed by atoms with van der Waals surface area (Å²) in [5.74, 6) is 1.36. The number of fused-ring (bicyclic) bond motifs is 1. The third kappa shape index (κ3) is 4.27. The molecule has 3 aromatic heterocycles. The first-order valence-electron chi connectivity index (χ1n) is 10.3. The molecule has 1 aliphatic heterocycles. The Morgan fingerprint density at radius 2 is 2.03 bits per heavy atom. The lowest BCUT2D eigenvalue weighted by atomic mass is 9.76. The molecule has 1 fully saturated rings. The number of hydrogen-bond acceptors (Lipinski definition) is 6. The quantitative estimate of drug-likeness (QED) is 0.628. The Hall–Kier alpha value is -2.47. The number of ether oxygens (including phenoxy) is 1. The van der Waals surface area contributed by atoms with Crippen LogP contribution in [0, 0.1) is 19.3 Å². The lowest BCUT2D eigenvalue weighted by Gasteiger charge is -2.43. The number of nitrogens with zero attached hydrogens (tertiary/aromatic N) is 4. The van der Waals surface area contributed by atoms with E-state index in [1.807, 2.05) is 19.9 Å². The fraction of sp³-hybridized carbons (Fsp3) is 0.522. The Morgan fingerprint density at radius 3 is 2.83 bits per heavy atom. The van der Waals surface area contributed by atoms with Gasteiger partial charge >= 0.3 is 0 Å². The van der Waals surface area contributed by atoms with Crippen molar-refractivity contribution in [2.45, 2.75) is 53.0 Å². The Balaban J connectivity index is 1.52. The fourth-order valence-corrected chi connectivity index (χ4v) is 4.60. The van der Waals surface area contributed by atoms with Gasteiger partial charge in [-0.15, -0.1) is 0 Å². The van der Waals surface area contributed by atoms with E-state index >= 15 is 0 Å². The highest BCUT2D eigenvalue weighted by molar-refractivity contribution is 5.67. The summed E-state index contributed by atoms with van der Waals surface area (Å²) in [7, 11) is 1.68. The van der Waals surface area contributed by atoms with Gasteiger partial charge in [0.15, 0.2) is 17.1 Å². The standard InChI is InChI=1S/C23H30N4O2/c1-15-11-18(12-21(24-15)28-5)13-23(4)9-6-10-27(14-23)16(2)19-7-8-20-22(26-19)25-17(3)29-20/h7-8,11-12,16H,6,9-10,13-14H2,1-5H3/t16-,23-/m1/s1. The van der Waals surface area contributed by atoms with E-state index in [0.717, 1.165) is 36.5 Å². The van der Waals surface area contributed by atoms with Gasteiger partial charge in [-0.05, 0) is 68.8 Å². The van der Waals surface area contributed by atoms with E-state index in [1.165, 1.54) is 18.4 Å². The van der Waals surface area contributed by atoms with E-state index in [2.05, 4.69) is 46.9 Å². The number of hydrogen-bond donors (Lipinski definition) is 0. The molecule has 6 heteroatoms. The van der Waals surface area contributed by atoms with Gasteiger partial charge in [-0.3, -0.25) is 4.90 Å². The maximum atomic E-state index is 5.57. The molecule has 1 aliphatic rings. The SMILES string of the molecule is COc1cc(C[C@@]2(C)CCCN([C@H](C)c3ccc4oc(C)nc4n3)C2)cc(C)n1. The lowest BCUT2D eigenvalue weighted by molar-refractivity contribution is 0.0711. The molecule has 0 aromatic carbocycles. The van der Waals surface area contributed by atoms with Crippen LogP contribution in [-0.4, -0.2) is 40.1 Å². The summed E-state index contributed by atoms with van der Waals surface area (Å²) in [5, 5.41) is 0. The predicted molar refractivity (Wildman–Crippen MR) is 113 cm³/mol. The van der Waals surface area contributed by atoms with Gasteiger partial charge in [0.05, 0.1) is 12.8 Å². The molecule has 1 saturated heterocycles. The molecule has 0 bridgehead atoms. The normalized spacial score (nSPS) is 21.4. The molecule has 6 nitrogen and oxygen atoms in total. The van der Waals surface area contributed by atoms with Crippen LogP contribution < -0.4 is 4.74 Å². The Kier molecular flexibility index (Phi) is 5.30. The highest BCUT2D eigenvalue weighted by atomic mass is 16.5. The molecule has 0 amide bonds. The summed E-state index contributed by atoms with van der Waals surface area (Å²) in [6, 6.07) is 8.55. The number of aromatic nitrogens is 3. The second-order valence-corrected chi connectivity index (χ2v) is 8.69. The Morgan fingerprint density at radius 1 is 1.21 bits per heavy atom. The number of rotatable bonds is 5. The molecule has 2 atom stereocenters. The van der Waals surface area contributed by atoms with Gasteiger partial charge in [-0.2, -0.15) is 4.98 Å². The van der Waals surface area contributed by atoms with Gasteiger partial charge in [-0.25, -0.2) is 9.97 Å². The van der Waals surface area contributed by atoms with Gasteiger partial charge in [-0.1, -0.05) is 6.92 Å². The number of methoxy groups -OCH3 is 1. The zero-order chi connectivity index (χ0) is 20.6. The van der Waals surface area contributed by atoms with Crippen molar-refractivity contribution < 1.29 is 9.15 Å². The van der Waals surface area contributed by atoms with Crippen LogP contribution >= 0.6 is 0 Å². The summed E-state index contributed by atoms with van der Waals surface area (Å²) in [5.41, 5.74) is 5.01. The van der Waals surface area contributed by atoms with E-state index < -0.39 is 0 Å². The highest BCUT2D eigenvalue weighted by Crippen LogP contribution is 2.37. The van der Waals surface area contributed by atoms with Crippen LogP contribution in [0.25, 0.3) is 11.2 Å². The second-order valence-electron chi connectivity index (χ2n) is 8.69. The van der Waals surface area contributed by atoms with Crippen molar-refractivity contribution in [2.24, 2.45) is 5.41 Å². The molecule has 0 saturated carbocycles. The number of aryl methyl sites for hydroxylation is 2. The van der Waals surface area contributed by atoms with Crippen molar-refractivity contribution in [3.8, 4) is 5.88 Å². The minimum absolute atomic E-state index is 0.208. The van der Waals surface area contributed by atoms with E-state index in [-0.39, 0.29) is 11.5 Å². The lowest BCUT2D eigenvalue weighted by Crippen LogP contribution is -2.44. The first-order chi connectivity index (χ1) is 13.8. The van der Waals surface area contributed by atoms with E-state index in [4.69, 9.17) is 14.1 Å². The van der Waals surface area contributed by atoms with Crippen molar-refractivity contribution in [1.82, 2.24) is 19.9 Å².